The zero-order chi connectivity index (χ0) is 21.0. The maximum Gasteiger partial charge on any atom is 0.251 e. The summed E-state index contributed by atoms with van der Waals surface area (Å²) in [6.45, 7) is 5.58. The number of aryl methyl sites for hydroxylation is 1. The van der Waals surface area contributed by atoms with Crippen LogP contribution in [0.25, 0.3) is 11.4 Å². The number of benzene rings is 2. The summed E-state index contributed by atoms with van der Waals surface area (Å²) in [5.74, 6) is 0.612. The highest BCUT2D eigenvalue weighted by Gasteiger charge is 2.25. The van der Waals surface area contributed by atoms with E-state index in [1.807, 2.05) is 32.9 Å². The van der Waals surface area contributed by atoms with Crippen molar-refractivity contribution in [1.82, 2.24) is 20.5 Å². The third-order valence-electron chi connectivity index (χ3n) is 4.35. The Morgan fingerprint density at radius 2 is 1.69 bits per heavy atom. The quantitative estimate of drug-likeness (QED) is 0.574. The molecule has 3 aromatic rings. The lowest BCUT2D eigenvalue weighted by atomic mass is 10.0. The standard InChI is InChI=1S/C21H22ClN5O2/c1-12(2)18(25-20(28)15-4-8-16(22)9-5-15)21(29)24-17-10-6-14(7-11-17)19-23-13(3)26-27-19/h4-12,18H,1-3H3,(H,24,29)(H,25,28)(H,23,26,27). The second kappa shape index (κ2) is 8.87. The number of nitrogens with zero attached hydrogens (tertiary/aromatic N) is 2. The van der Waals surface area contributed by atoms with Gasteiger partial charge in [0.25, 0.3) is 5.91 Å². The van der Waals surface area contributed by atoms with Crippen LogP contribution in [0.15, 0.2) is 48.5 Å². The zero-order valence-corrected chi connectivity index (χ0v) is 17.1. The molecule has 0 bridgehead atoms. The molecule has 0 aliphatic heterocycles. The SMILES string of the molecule is Cc1nc(-c2ccc(NC(=O)C(NC(=O)c3ccc(Cl)cc3)C(C)C)cc2)n[nH]1. The van der Waals surface area contributed by atoms with Gasteiger partial charge in [-0.25, -0.2) is 4.98 Å². The van der Waals surface area contributed by atoms with E-state index >= 15 is 0 Å². The van der Waals surface area contributed by atoms with Gasteiger partial charge in [0.15, 0.2) is 5.82 Å². The topological polar surface area (TPSA) is 99.8 Å². The van der Waals surface area contributed by atoms with Crippen LogP contribution in [0.3, 0.4) is 0 Å². The second-order valence-electron chi connectivity index (χ2n) is 7.01. The molecule has 2 amide bonds. The van der Waals surface area contributed by atoms with Crippen molar-refractivity contribution in [2.75, 3.05) is 5.32 Å². The highest BCUT2D eigenvalue weighted by molar-refractivity contribution is 6.30. The van der Waals surface area contributed by atoms with Crippen molar-refractivity contribution in [3.63, 3.8) is 0 Å². The van der Waals surface area contributed by atoms with Gasteiger partial charge >= 0.3 is 0 Å². The van der Waals surface area contributed by atoms with Crippen molar-refractivity contribution in [2.24, 2.45) is 5.92 Å². The van der Waals surface area contributed by atoms with Crippen LogP contribution in [0.1, 0.15) is 30.0 Å². The summed E-state index contributed by atoms with van der Waals surface area (Å²) >= 11 is 5.86. The van der Waals surface area contributed by atoms with E-state index in [-0.39, 0.29) is 17.7 Å². The molecule has 0 aliphatic rings. The lowest BCUT2D eigenvalue weighted by Crippen LogP contribution is -2.47. The molecule has 3 rings (SSSR count). The number of hydrogen-bond donors (Lipinski definition) is 3. The van der Waals surface area contributed by atoms with Crippen LogP contribution in [0.5, 0.6) is 0 Å². The van der Waals surface area contributed by atoms with Gasteiger partial charge in [-0.1, -0.05) is 25.4 Å². The molecule has 1 heterocycles. The summed E-state index contributed by atoms with van der Waals surface area (Å²) < 4.78 is 0. The number of hydrogen-bond acceptors (Lipinski definition) is 4. The Hall–Kier alpha value is -3.19. The number of amides is 2. The number of H-pyrrole nitrogens is 1. The van der Waals surface area contributed by atoms with Gasteiger partial charge in [-0.05, 0) is 61.4 Å². The average molecular weight is 412 g/mol. The summed E-state index contributed by atoms with van der Waals surface area (Å²) in [5, 5.41) is 13.1. The highest BCUT2D eigenvalue weighted by Crippen LogP contribution is 2.18. The van der Waals surface area contributed by atoms with Gasteiger partial charge in [0.2, 0.25) is 5.91 Å². The molecule has 0 saturated heterocycles. The molecule has 2 aromatic carbocycles. The minimum absolute atomic E-state index is 0.0956. The third-order valence-corrected chi connectivity index (χ3v) is 4.60. The molecule has 0 aliphatic carbocycles. The van der Waals surface area contributed by atoms with Crippen molar-refractivity contribution in [3.8, 4) is 11.4 Å². The van der Waals surface area contributed by atoms with E-state index in [0.717, 1.165) is 11.4 Å². The van der Waals surface area contributed by atoms with Gasteiger partial charge in [0.1, 0.15) is 11.9 Å². The molecule has 0 saturated carbocycles. The van der Waals surface area contributed by atoms with Gasteiger partial charge in [-0.15, -0.1) is 0 Å². The van der Waals surface area contributed by atoms with Crippen molar-refractivity contribution >= 4 is 29.1 Å². The molecule has 0 fully saturated rings. The number of rotatable bonds is 6. The number of carbonyl (C=O) groups is 2. The maximum absolute atomic E-state index is 12.8. The van der Waals surface area contributed by atoms with Crippen LogP contribution < -0.4 is 10.6 Å². The van der Waals surface area contributed by atoms with Crippen LogP contribution in [0, 0.1) is 12.8 Å². The first-order valence-electron chi connectivity index (χ1n) is 9.20. The van der Waals surface area contributed by atoms with Gasteiger partial charge in [0, 0.05) is 21.8 Å². The largest absolute Gasteiger partial charge is 0.340 e. The molecule has 150 valence electrons. The molecule has 1 unspecified atom stereocenters. The Bertz CT molecular complexity index is 997. The van der Waals surface area contributed by atoms with E-state index < -0.39 is 6.04 Å². The summed E-state index contributed by atoms with van der Waals surface area (Å²) in [5.41, 5.74) is 1.90. The Labute approximate surface area is 173 Å². The molecular formula is C21H22ClN5O2. The molecule has 3 N–H and O–H groups in total. The number of anilines is 1. The van der Waals surface area contributed by atoms with Crippen LogP contribution in [-0.4, -0.2) is 33.0 Å². The van der Waals surface area contributed by atoms with Gasteiger partial charge in [0.05, 0.1) is 0 Å². The smallest absolute Gasteiger partial charge is 0.251 e. The molecular weight excluding hydrogens is 390 g/mol. The van der Waals surface area contributed by atoms with E-state index in [1.165, 1.54) is 0 Å². The fourth-order valence-corrected chi connectivity index (χ4v) is 2.88. The molecule has 0 radical (unpaired) electrons. The van der Waals surface area contributed by atoms with Crippen LogP contribution in [0.2, 0.25) is 5.02 Å². The van der Waals surface area contributed by atoms with Crippen LogP contribution >= 0.6 is 11.6 Å². The third kappa shape index (κ3) is 5.20. The lowest BCUT2D eigenvalue weighted by molar-refractivity contribution is -0.118. The van der Waals surface area contributed by atoms with E-state index in [9.17, 15) is 9.59 Å². The number of carbonyl (C=O) groups excluding carboxylic acids is 2. The summed E-state index contributed by atoms with van der Waals surface area (Å²) in [7, 11) is 0. The predicted molar refractivity (Wildman–Crippen MR) is 113 cm³/mol. The number of aromatic nitrogens is 3. The Morgan fingerprint density at radius 3 is 2.24 bits per heavy atom. The fourth-order valence-electron chi connectivity index (χ4n) is 2.76. The first-order valence-corrected chi connectivity index (χ1v) is 9.58. The zero-order valence-electron chi connectivity index (χ0n) is 16.4. The first-order chi connectivity index (χ1) is 13.8. The van der Waals surface area contributed by atoms with Crippen molar-refractivity contribution in [2.45, 2.75) is 26.8 Å². The van der Waals surface area contributed by atoms with Gasteiger partial charge in [-0.2, -0.15) is 5.10 Å². The monoisotopic (exact) mass is 411 g/mol. The first kappa shape index (κ1) is 20.5. The van der Waals surface area contributed by atoms with Crippen molar-refractivity contribution in [1.29, 1.82) is 0 Å². The summed E-state index contributed by atoms with van der Waals surface area (Å²) in [4.78, 5) is 29.5. The molecule has 29 heavy (non-hydrogen) atoms. The predicted octanol–water partition coefficient (Wildman–Crippen LogP) is 3.83. The number of aromatic amines is 1. The van der Waals surface area contributed by atoms with Crippen LogP contribution in [-0.2, 0) is 4.79 Å². The Kier molecular flexibility index (Phi) is 6.29. The Balaban J connectivity index is 1.67. The van der Waals surface area contributed by atoms with Crippen LogP contribution in [0.4, 0.5) is 5.69 Å². The van der Waals surface area contributed by atoms with E-state index in [0.29, 0.717) is 22.1 Å². The van der Waals surface area contributed by atoms with E-state index in [2.05, 4.69) is 25.8 Å². The molecule has 0 spiro atoms. The molecule has 7 nitrogen and oxygen atoms in total. The van der Waals surface area contributed by atoms with Crippen molar-refractivity contribution < 1.29 is 9.59 Å². The summed E-state index contributed by atoms with van der Waals surface area (Å²) in [6.07, 6.45) is 0. The highest BCUT2D eigenvalue weighted by atomic mass is 35.5. The van der Waals surface area contributed by atoms with Crippen molar-refractivity contribution in [3.05, 3.63) is 64.9 Å². The molecule has 1 atom stereocenters. The Morgan fingerprint density at radius 1 is 1.03 bits per heavy atom. The second-order valence-corrected chi connectivity index (χ2v) is 7.45. The van der Waals surface area contributed by atoms with E-state index in [1.54, 1.807) is 36.4 Å². The minimum atomic E-state index is -0.687. The summed E-state index contributed by atoms with van der Waals surface area (Å²) in [6, 6.07) is 13.0. The van der Waals surface area contributed by atoms with E-state index in [4.69, 9.17) is 11.6 Å². The number of nitrogens with one attached hydrogen (secondary N) is 3. The van der Waals surface area contributed by atoms with Gasteiger partial charge < -0.3 is 10.6 Å². The van der Waals surface area contributed by atoms with Gasteiger partial charge in [-0.3, -0.25) is 14.7 Å². The number of halogens is 1. The molecule has 1 aromatic heterocycles. The normalized spacial score (nSPS) is 11.9. The average Bonchev–Trinajstić information content (AvgIpc) is 3.13. The maximum atomic E-state index is 12.8. The fraction of sp³-hybridized carbons (Fsp3) is 0.238. The minimum Gasteiger partial charge on any atom is -0.340 e. The molecule has 8 heteroatoms. The lowest BCUT2D eigenvalue weighted by Gasteiger charge is -2.22.